The average molecular weight is 302 g/mol. The molecule has 0 N–H and O–H groups in total. The molecule has 2 nitrogen and oxygen atoms in total. The molecule has 1 unspecified atom stereocenters. The van der Waals surface area contributed by atoms with Gasteiger partial charge >= 0.3 is 5.97 Å². The van der Waals surface area contributed by atoms with Gasteiger partial charge in [0.2, 0.25) is 0 Å². The number of rotatable bonds is 4. The van der Waals surface area contributed by atoms with Gasteiger partial charge in [0.05, 0.1) is 6.61 Å². The smallest absolute Gasteiger partial charge is 0.334 e. The van der Waals surface area contributed by atoms with Gasteiger partial charge in [-0.2, -0.15) is 0 Å². The zero-order chi connectivity index (χ0) is 16.1. The number of esters is 1. The molecule has 0 radical (unpaired) electrons. The SMILES string of the molecule is CC(C)=CCC[C@H](C)C1CC/C(C)=C/C/C=C2/C(=O)OC[C@@H]21. The Hall–Kier alpha value is -1.31. The number of fused-ring (bicyclic) bond motifs is 1. The van der Waals surface area contributed by atoms with Crippen LogP contribution >= 0.6 is 0 Å². The van der Waals surface area contributed by atoms with E-state index >= 15 is 0 Å². The van der Waals surface area contributed by atoms with Gasteiger partial charge in [0.15, 0.2) is 0 Å². The Morgan fingerprint density at radius 2 is 2.18 bits per heavy atom. The van der Waals surface area contributed by atoms with E-state index in [9.17, 15) is 4.79 Å². The highest BCUT2D eigenvalue weighted by Crippen LogP contribution is 2.39. The molecule has 1 aliphatic heterocycles. The topological polar surface area (TPSA) is 26.3 Å². The lowest BCUT2D eigenvalue weighted by molar-refractivity contribution is -0.135. The van der Waals surface area contributed by atoms with Crippen molar-refractivity contribution in [2.45, 2.75) is 59.8 Å². The minimum Gasteiger partial charge on any atom is -0.462 e. The summed E-state index contributed by atoms with van der Waals surface area (Å²) in [5.74, 6) is 1.38. The highest BCUT2D eigenvalue weighted by Gasteiger charge is 2.38. The summed E-state index contributed by atoms with van der Waals surface area (Å²) >= 11 is 0. The number of ether oxygens (including phenoxy) is 1. The molecule has 3 atom stereocenters. The summed E-state index contributed by atoms with van der Waals surface area (Å²) < 4.78 is 5.36. The van der Waals surface area contributed by atoms with Crippen LogP contribution in [0.1, 0.15) is 59.8 Å². The monoisotopic (exact) mass is 302 g/mol. The Morgan fingerprint density at radius 1 is 1.41 bits per heavy atom. The van der Waals surface area contributed by atoms with Crippen molar-refractivity contribution in [3.8, 4) is 0 Å². The van der Waals surface area contributed by atoms with Crippen LogP contribution in [0, 0.1) is 17.8 Å². The van der Waals surface area contributed by atoms with Gasteiger partial charge in [0, 0.05) is 11.5 Å². The van der Waals surface area contributed by atoms with Crippen LogP contribution in [-0.4, -0.2) is 12.6 Å². The molecule has 0 aromatic heterocycles. The predicted molar refractivity (Wildman–Crippen MR) is 91.5 cm³/mol. The fourth-order valence-electron chi connectivity index (χ4n) is 3.69. The lowest BCUT2D eigenvalue weighted by atomic mass is 9.75. The van der Waals surface area contributed by atoms with Gasteiger partial charge < -0.3 is 4.74 Å². The van der Waals surface area contributed by atoms with Gasteiger partial charge in [-0.1, -0.05) is 36.3 Å². The molecule has 1 heterocycles. The van der Waals surface area contributed by atoms with Crippen molar-refractivity contribution in [3.05, 3.63) is 34.9 Å². The maximum Gasteiger partial charge on any atom is 0.334 e. The molecule has 22 heavy (non-hydrogen) atoms. The third kappa shape index (κ3) is 4.34. The number of cyclic esters (lactones) is 1. The molecule has 2 aliphatic rings. The van der Waals surface area contributed by atoms with Crippen molar-refractivity contribution >= 4 is 5.97 Å². The lowest BCUT2D eigenvalue weighted by Crippen LogP contribution is -2.24. The number of carbonyl (C=O) groups is 1. The van der Waals surface area contributed by atoms with Crippen molar-refractivity contribution in [2.75, 3.05) is 6.61 Å². The lowest BCUT2D eigenvalue weighted by Gasteiger charge is -2.28. The molecule has 1 saturated heterocycles. The van der Waals surface area contributed by atoms with E-state index in [1.165, 1.54) is 17.6 Å². The van der Waals surface area contributed by atoms with Crippen LogP contribution in [0.25, 0.3) is 0 Å². The number of hydrogen-bond donors (Lipinski definition) is 0. The molecule has 0 spiro atoms. The quantitative estimate of drug-likeness (QED) is 0.526. The second kappa shape index (κ2) is 7.80. The minimum atomic E-state index is -0.0838. The predicted octanol–water partition coefficient (Wildman–Crippen LogP) is 5.21. The molecule has 0 aromatic carbocycles. The molecule has 0 aromatic rings. The van der Waals surface area contributed by atoms with E-state index in [4.69, 9.17) is 4.74 Å². The second-order valence-corrected chi connectivity index (χ2v) is 7.19. The minimum absolute atomic E-state index is 0.0838. The van der Waals surface area contributed by atoms with Crippen LogP contribution < -0.4 is 0 Å². The first kappa shape index (κ1) is 17.1. The van der Waals surface area contributed by atoms with Crippen molar-refractivity contribution in [2.24, 2.45) is 17.8 Å². The second-order valence-electron chi connectivity index (χ2n) is 7.19. The number of hydrogen-bond acceptors (Lipinski definition) is 2. The molecule has 2 rings (SSSR count). The largest absolute Gasteiger partial charge is 0.462 e. The van der Waals surface area contributed by atoms with Crippen LogP contribution in [-0.2, 0) is 9.53 Å². The van der Waals surface area contributed by atoms with Crippen molar-refractivity contribution in [3.63, 3.8) is 0 Å². The Bertz CT molecular complexity index is 492. The number of allylic oxidation sites excluding steroid dienone is 5. The summed E-state index contributed by atoms with van der Waals surface area (Å²) in [4.78, 5) is 12.0. The summed E-state index contributed by atoms with van der Waals surface area (Å²) in [6.07, 6.45) is 12.2. The third-order valence-electron chi connectivity index (χ3n) is 5.13. The first-order valence-electron chi connectivity index (χ1n) is 8.65. The van der Waals surface area contributed by atoms with Gasteiger partial charge in [-0.25, -0.2) is 4.79 Å². The van der Waals surface area contributed by atoms with Crippen molar-refractivity contribution in [1.82, 2.24) is 0 Å². The molecular weight excluding hydrogens is 272 g/mol. The summed E-state index contributed by atoms with van der Waals surface area (Å²) in [6.45, 7) is 9.46. The normalized spacial score (nSPS) is 31.4. The molecule has 122 valence electrons. The van der Waals surface area contributed by atoms with E-state index < -0.39 is 0 Å². The van der Waals surface area contributed by atoms with Gasteiger partial charge in [-0.3, -0.25) is 0 Å². The maximum absolute atomic E-state index is 12.0. The summed E-state index contributed by atoms with van der Waals surface area (Å²) in [5.41, 5.74) is 3.78. The van der Waals surface area contributed by atoms with E-state index in [2.05, 4.69) is 45.9 Å². The molecule has 0 bridgehead atoms. The summed E-state index contributed by atoms with van der Waals surface area (Å²) in [6, 6.07) is 0. The Kier molecular flexibility index (Phi) is 6.05. The molecule has 1 fully saturated rings. The first-order valence-corrected chi connectivity index (χ1v) is 8.65. The molecule has 0 amide bonds. The van der Waals surface area contributed by atoms with Crippen LogP contribution in [0.15, 0.2) is 34.9 Å². The van der Waals surface area contributed by atoms with Crippen molar-refractivity contribution in [1.29, 1.82) is 0 Å². The maximum atomic E-state index is 12.0. The highest BCUT2D eigenvalue weighted by molar-refractivity contribution is 5.91. The summed E-state index contributed by atoms with van der Waals surface area (Å²) in [7, 11) is 0. The fraction of sp³-hybridized carbons (Fsp3) is 0.650. The van der Waals surface area contributed by atoms with Gasteiger partial charge in [0.1, 0.15) is 0 Å². The van der Waals surface area contributed by atoms with Crippen LogP contribution in [0.3, 0.4) is 0 Å². The van der Waals surface area contributed by atoms with E-state index in [0.717, 1.165) is 31.3 Å². The molecular formula is C20H30O2. The average Bonchev–Trinajstić information content (AvgIpc) is 2.83. The zero-order valence-corrected chi connectivity index (χ0v) is 14.5. The Morgan fingerprint density at radius 3 is 2.91 bits per heavy atom. The van der Waals surface area contributed by atoms with Crippen LogP contribution in [0.4, 0.5) is 0 Å². The zero-order valence-electron chi connectivity index (χ0n) is 14.5. The van der Waals surface area contributed by atoms with Gasteiger partial charge in [-0.05, 0) is 64.7 Å². The van der Waals surface area contributed by atoms with Crippen molar-refractivity contribution < 1.29 is 9.53 Å². The van der Waals surface area contributed by atoms with E-state index in [0.29, 0.717) is 24.4 Å². The highest BCUT2D eigenvalue weighted by atomic mass is 16.5. The fourth-order valence-corrected chi connectivity index (χ4v) is 3.69. The van der Waals surface area contributed by atoms with E-state index in [1.807, 2.05) is 0 Å². The van der Waals surface area contributed by atoms with Crippen LogP contribution in [0.5, 0.6) is 0 Å². The van der Waals surface area contributed by atoms with Crippen LogP contribution in [0.2, 0.25) is 0 Å². The van der Waals surface area contributed by atoms with Gasteiger partial charge in [0.25, 0.3) is 0 Å². The molecule has 2 heteroatoms. The first-order chi connectivity index (χ1) is 10.5. The van der Waals surface area contributed by atoms with E-state index in [1.54, 1.807) is 0 Å². The van der Waals surface area contributed by atoms with Gasteiger partial charge in [-0.15, -0.1) is 0 Å². The third-order valence-corrected chi connectivity index (χ3v) is 5.13. The Labute approximate surface area is 135 Å². The Balaban J connectivity index is 2.13. The summed E-state index contributed by atoms with van der Waals surface area (Å²) in [5, 5.41) is 0. The van der Waals surface area contributed by atoms with E-state index in [-0.39, 0.29) is 5.97 Å². The standard InChI is InChI=1S/C20H30O2/c1-14(2)7-5-9-16(4)17-12-11-15(3)8-6-10-18-19(17)13-22-20(18)21/h7-8,10,16-17,19H,5-6,9,11-13H2,1-4H3/b15-8+,18-10+/t16-,17?,19+/m0/s1. The number of carbonyl (C=O) groups excluding carboxylic acids is 1. The molecule has 1 aliphatic carbocycles. The molecule has 0 saturated carbocycles.